The molecule has 6 aromatic carbocycles. The van der Waals surface area contributed by atoms with Crippen LogP contribution in [-0.4, -0.2) is 141 Å². The average molecular weight is 1750 g/mol. The van der Waals surface area contributed by atoms with E-state index in [2.05, 4.69) is 119 Å². The standard InChI is InChI=1S/C47H56N6O7.C31H30N4O.C8H14O5.8H2S/c1-7-27(3)34(24-42(55)59-5)45(56)52-19-9-11-39(52)37-25-41(54)35-23-32(17-18-36(35)49-37)30-13-14-31-22-33(16-15-29(31)21-30)38-26-48-44(50-38)40-12-10-20-53(40)46(57)43(28(4)8-2)51-47(58)60-6;36-30-17-28(19-4-1-2-5-19)34-26-12-11-23(16-25(26)30)21-7-8-22-15-24(10-9-20(22)14-21)29-18-33-31(35-29)27-6-3-13-32-27;1-5(12-2)6(8(10)11)4-7(9)13-3;;;;;;;;/h13-18,21-23,25-28,34,39-40,43H,7-12,19-20,24H2,1-6H3,(H,48,50)(H,49,54)(H,51,58);7-12,14-19,27,32H,1-6,13H2,(H,33,35)(H,34,36);5-6H,4H2,1-3H3,(H,10,11);8*1H2/t27-,28-,34-,39?,40-,43-;27-;5-,6+;;;;;;;;/m001......../s1. The van der Waals surface area contributed by atoms with Crippen LogP contribution in [0.25, 0.3) is 88.1 Å². The maximum atomic E-state index is 13.9. The second kappa shape index (κ2) is 46.6. The van der Waals surface area contributed by atoms with Crippen molar-refractivity contribution in [2.75, 3.05) is 48.1 Å². The van der Waals surface area contributed by atoms with Crippen LogP contribution in [0.4, 0.5) is 4.79 Å². The van der Waals surface area contributed by atoms with E-state index in [-0.39, 0.29) is 167 Å². The molecule has 1 unspecified atom stereocenters. The summed E-state index contributed by atoms with van der Waals surface area (Å²) in [4.78, 5) is 127. The third kappa shape index (κ3) is 23.8. The van der Waals surface area contributed by atoms with E-state index in [1.54, 1.807) is 19.2 Å². The molecule has 1 aliphatic carbocycles. The van der Waals surface area contributed by atoms with E-state index in [0.29, 0.717) is 47.5 Å². The molecule has 9 atom stereocenters. The van der Waals surface area contributed by atoms with Crippen LogP contribution in [0, 0.1) is 23.7 Å². The van der Waals surface area contributed by atoms with Gasteiger partial charge in [0.2, 0.25) is 11.8 Å². The fraction of sp³-hybridized carbons (Fsp3) is 0.419. The highest BCUT2D eigenvalue weighted by Crippen LogP contribution is 2.39. The van der Waals surface area contributed by atoms with Crippen molar-refractivity contribution in [3.05, 3.63) is 177 Å². The quantitative estimate of drug-likeness (QED) is 0.0245. The first-order chi connectivity index (χ1) is 52.7. The van der Waals surface area contributed by atoms with Crippen LogP contribution in [0.15, 0.2) is 143 Å². The molecular weight excluding hydrogens is 1640 g/mol. The number of esters is 2. The molecule has 3 saturated heterocycles. The van der Waals surface area contributed by atoms with Crippen molar-refractivity contribution in [2.24, 2.45) is 23.7 Å². The van der Waals surface area contributed by atoms with E-state index in [4.69, 9.17) is 24.3 Å². The number of hydrogen-bond donors (Lipinski definition) is 7. The van der Waals surface area contributed by atoms with Crippen LogP contribution in [-0.2, 0) is 42.9 Å². The predicted molar refractivity (Wildman–Crippen MR) is 504 cm³/mol. The number of fused-ring (bicyclic) bond motifs is 4. The zero-order valence-corrected chi connectivity index (χ0v) is 75.6. The van der Waals surface area contributed by atoms with Gasteiger partial charge in [0.25, 0.3) is 0 Å². The summed E-state index contributed by atoms with van der Waals surface area (Å²) in [7, 11) is 5.26. The van der Waals surface area contributed by atoms with Crippen molar-refractivity contribution in [3.63, 3.8) is 0 Å². The number of nitrogens with one attached hydrogen (secondary N) is 6. The maximum absolute atomic E-state index is 13.9. The van der Waals surface area contributed by atoms with Crippen molar-refractivity contribution in [1.82, 2.24) is 50.3 Å². The zero-order valence-electron chi connectivity index (χ0n) is 67.6. The van der Waals surface area contributed by atoms with Gasteiger partial charge in [-0.2, -0.15) is 108 Å². The van der Waals surface area contributed by atoms with Gasteiger partial charge in [0.15, 0.2) is 10.9 Å². The number of nitrogens with zero attached hydrogens (tertiary/aromatic N) is 4. The van der Waals surface area contributed by atoms with Crippen LogP contribution in [0.5, 0.6) is 0 Å². The average Bonchev–Trinajstić information content (AvgIpc) is 1.51. The van der Waals surface area contributed by atoms with Crippen LogP contribution in [0.1, 0.15) is 172 Å². The Kier molecular flexibility index (Phi) is 40.3. The summed E-state index contributed by atoms with van der Waals surface area (Å²) in [6.45, 7) is 11.8. The molecule has 4 aliphatic rings. The first kappa shape index (κ1) is 101. The molecule has 7 N–H and O–H groups in total. The van der Waals surface area contributed by atoms with E-state index in [0.717, 1.165) is 129 Å². The number of aliphatic carboxylic acids is 1. The number of pyridine rings is 2. The molecule has 636 valence electrons. The zero-order chi connectivity index (χ0) is 77.2. The number of carbonyl (C=O) groups is 6. The Morgan fingerprint density at radius 3 is 1.41 bits per heavy atom. The van der Waals surface area contributed by atoms with E-state index >= 15 is 0 Å². The molecule has 7 heterocycles. The molecule has 0 bridgehead atoms. The third-order valence-electron chi connectivity index (χ3n) is 22.9. The molecule has 3 amide bonds. The lowest BCUT2D eigenvalue weighted by Crippen LogP contribution is -2.51. The molecule has 4 fully saturated rings. The maximum Gasteiger partial charge on any atom is 0.407 e. The summed E-state index contributed by atoms with van der Waals surface area (Å²) in [6.07, 6.45) is 14.3. The molecule has 4 aromatic heterocycles. The number of alkyl carbamates (subject to hydrolysis) is 1. The van der Waals surface area contributed by atoms with E-state index in [1.807, 2.05) is 80.1 Å². The topological polar surface area (TPSA) is 313 Å². The number of hydrogen-bond acceptors (Lipinski definition) is 15. The summed E-state index contributed by atoms with van der Waals surface area (Å²) in [5.74, 6) is -1.35. The number of likely N-dealkylation sites (tertiary alicyclic amines) is 2. The number of rotatable bonds is 22. The summed E-state index contributed by atoms with van der Waals surface area (Å²) in [6, 6.07) is 40.2. The highest BCUT2D eigenvalue weighted by atomic mass is 32.1. The van der Waals surface area contributed by atoms with Crippen molar-refractivity contribution in [3.8, 4) is 44.8 Å². The number of carboxylic acid groups (broad SMARTS) is 1. The van der Waals surface area contributed by atoms with Gasteiger partial charge in [-0.05, 0) is 175 Å². The first-order valence-electron chi connectivity index (χ1n) is 38.3. The minimum atomic E-state index is -1.06. The molecule has 117 heavy (non-hydrogen) atoms. The van der Waals surface area contributed by atoms with Gasteiger partial charge in [0, 0.05) is 76.7 Å². The van der Waals surface area contributed by atoms with Gasteiger partial charge in [0.1, 0.15) is 17.7 Å². The Morgan fingerprint density at radius 2 is 0.932 bits per heavy atom. The molecule has 23 nitrogen and oxygen atoms in total. The van der Waals surface area contributed by atoms with Gasteiger partial charge < -0.3 is 64.4 Å². The summed E-state index contributed by atoms with van der Waals surface area (Å²) in [5.41, 5.74) is 11.5. The van der Waals surface area contributed by atoms with Crippen LogP contribution >= 0.6 is 108 Å². The summed E-state index contributed by atoms with van der Waals surface area (Å²) >= 11 is 0. The lowest BCUT2D eigenvalue weighted by molar-refractivity contribution is -0.154. The molecule has 10 aromatic rings. The lowest BCUT2D eigenvalue weighted by atomic mass is 9.87. The molecule has 3 aliphatic heterocycles. The highest BCUT2D eigenvalue weighted by molar-refractivity contribution is 7.60. The number of aromatic nitrogens is 6. The van der Waals surface area contributed by atoms with E-state index in [1.165, 1.54) is 71.3 Å². The van der Waals surface area contributed by atoms with Crippen molar-refractivity contribution < 1.29 is 52.8 Å². The minimum Gasteiger partial charge on any atom is -0.481 e. The Balaban J connectivity index is 0.000000430. The number of methoxy groups -OCH3 is 4. The molecule has 0 radical (unpaired) electrons. The predicted octanol–water partition coefficient (Wildman–Crippen LogP) is 16.1. The number of carboxylic acids is 1. The van der Waals surface area contributed by atoms with Gasteiger partial charge in [-0.1, -0.05) is 114 Å². The monoisotopic (exact) mass is 1750 g/mol. The third-order valence-corrected chi connectivity index (χ3v) is 22.9. The Labute approximate surface area is 739 Å². The second-order valence-corrected chi connectivity index (χ2v) is 29.6. The molecule has 1 saturated carbocycles. The Morgan fingerprint density at radius 1 is 0.487 bits per heavy atom. The van der Waals surface area contributed by atoms with Gasteiger partial charge in [-0.15, -0.1) is 0 Å². The Bertz CT molecular complexity index is 5130. The number of imidazole rings is 2. The fourth-order valence-corrected chi connectivity index (χ4v) is 15.8. The van der Waals surface area contributed by atoms with Crippen LogP contribution in [0.2, 0.25) is 0 Å². The van der Waals surface area contributed by atoms with Gasteiger partial charge >= 0.3 is 24.0 Å². The number of H-pyrrole nitrogens is 4. The fourth-order valence-electron chi connectivity index (χ4n) is 15.8. The van der Waals surface area contributed by atoms with E-state index < -0.39 is 48.0 Å². The van der Waals surface area contributed by atoms with Crippen LogP contribution < -0.4 is 21.5 Å². The SMILES string of the molecule is CC[C@H](C)[C@H](CC(=O)OC)C(=O)N1CCCC1c1cc(=O)c2cc(-c3ccc4cc(-c5cnc([C@@H]6CCCN6C(=O)[C@@H](NC(=O)OC)[C@@H](C)CC)[nH]5)ccc4c3)ccc2[nH]1.COC(=O)C[C@H](C(=O)O)[C@@H](C)OC.O=c1cc(C2CCCC2)[nH]c2ccc(-c3ccc4cc(-c5cnc([C@@H]6CCCN6)[nH]5)ccc4c3)cc12.S.S.S.S.S.S.S.S. The van der Waals surface area contributed by atoms with Gasteiger partial charge in [-0.3, -0.25) is 33.6 Å². The first-order valence-corrected chi connectivity index (χ1v) is 38.3. The highest BCUT2D eigenvalue weighted by Gasteiger charge is 2.40. The molecule has 0 spiro atoms. The molecule has 31 heteroatoms. The summed E-state index contributed by atoms with van der Waals surface area (Å²) in [5, 5.41) is 20.8. The second-order valence-electron chi connectivity index (χ2n) is 29.6. The Hall–Kier alpha value is -7.98. The van der Waals surface area contributed by atoms with Gasteiger partial charge in [-0.25, -0.2) is 14.8 Å². The van der Waals surface area contributed by atoms with Gasteiger partial charge in [0.05, 0.1) is 94.0 Å². The number of ether oxygens (including phenoxy) is 4. The van der Waals surface area contributed by atoms with Crippen molar-refractivity contribution >= 4 is 187 Å². The normalized spacial score (nSPS) is 16.9. The van der Waals surface area contributed by atoms with Crippen molar-refractivity contribution in [1.29, 1.82) is 0 Å². The minimum absolute atomic E-state index is 0. The summed E-state index contributed by atoms with van der Waals surface area (Å²) < 4.78 is 18.9. The number of aromatic amines is 4. The largest absolute Gasteiger partial charge is 0.481 e. The number of carbonyl (C=O) groups excluding carboxylic acids is 5. The van der Waals surface area contributed by atoms with Crippen molar-refractivity contribution in [2.45, 2.75) is 161 Å². The molecule has 14 rings (SSSR count). The smallest absolute Gasteiger partial charge is 0.407 e. The molecular formula is C86H116N10O13S8. The number of amides is 3. The van der Waals surface area contributed by atoms with Crippen LogP contribution in [0.3, 0.4) is 0 Å². The lowest BCUT2D eigenvalue weighted by Gasteiger charge is -2.31. The van der Waals surface area contributed by atoms with E-state index in [9.17, 15) is 38.4 Å². The number of benzene rings is 6.